The average molecular weight is 372 g/mol. The molecule has 3 rings (SSSR count). The van der Waals surface area contributed by atoms with Gasteiger partial charge < -0.3 is 10.2 Å². The summed E-state index contributed by atoms with van der Waals surface area (Å²) in [5.41, 5.74) is 0.228. The number of aromatic nitrogens is 2. The summed E-state index contributed by atoms with van der Waals surface area (Å²) in [4.78, 5) is 19.7. The van der Waals surface area contributed by atoms with Crippen molar-refractivity contribution in [1.29, 1.82) is 0 Å². The van der Waals surface area contributed by atoms with E-state index in [0.29, 0.717) is 23.6 Å². The maximum absolute atomic E-state index is 14.3. The smallest absolute Gasteiger partial charge is 0.269 e. The van der Waals surface area contributed by atoms with Crippen LogP contribution >= 0.6 is 0 Å². The minimum Gasteiger partial charge on any atom is -0.308 e. The van der Waals surface area contributed by atoms with Gasteiger partial charge in [-0.1, -0.05) is 6.07 Å². The summed E-state index contributed by atoms with van der Waals surface area (Å²) in [5.74, 6) is -0.588. The van der Waals surface area contributed by atoms with Gasteiger partial charge in [0.2, 0.25) is 0 Å². The second-order valence-electron chi connectivity index (χ2n) is 6.70. The van der Waals surface area contributed by atoms with Gasteiger partial charge >= 0.3 is 0 Å². The Morgan fingerprint density at radius 2 is 1.85 bits per heavy atom. The van der Waals surface area contributed by atoms with Crippen molar-refractivity contribution >= 4 is 10.9 Å². The summed E-state index contributed by atoms with van der Waals surface area (Å²) in [6.45, 7) is 3.39. The molecule has 0 aliphatic rings. The topological polar surface area (TPSA) is 50.2 Å². The van der Waals surface area contributed by atoms with Crippen molar-refractivity contribution in [2.45, 2.75) is 13.0 Å². The lowest BCUT2D eigenvalue weighted by Crippen LogP contribution is -2.33. The Kier molecular flexibility index (Phi) is 5.62. The first-order valence-electron chi connectivity index (χ1n) is 8.73. The standard InChI is InChI=1S/C20H22F2N4O/c1-13(23-11-12-25(2)3)19-24-17-6-4-5-16(22)18(17)20(27)26(19)15-9-7-14(21)8-10-15/h4-10,13,23H,11-12H2,1-3H3. The molecule has 0 bridgehead atoms. The fourth-order valence-corrected chi connectivity index (χ4v) is 2.93. The van der Waals surface area contributed by atoms with Gasteiger partial charge in [-0.05, 0) is 57.4 Å². The number of hydrogen-bond donors (Lipinski definition) is 1. The summed E-state index contributed by atoms with van der Waals surface area (Å²) in [6.07, 6.45) is 0. The van der Waals surface area contributed by atoms with Crippen LogP contribution in [0.4, 0.5) is 8.78 Å². The third-order valence-electron chi connectivity index (χ3n) is 4.35. The summed E-state index contributed by atoms with van der Waals surface area (Å²) in [6, 6.07) is 9.62. The minimum absolute atomic E-state index is 0.0777. The molecule has 0 amide bonds. The molecule has 1 atom stereocenters. The molecular formula is C20H22F2N4O. The van der Waals surface area contributed by atoms with E-state index in [2.05, 4.69) is 10.3 Å². The number of fused-ring (bicyclic) bond motifs is 1. The van der Waals surface area contributed by atoms with Crippen LogP contribution in [0.1, 0.15) is 18.8 Å². The zero-order chi connectivity index (χ0) is 19.6. The van der Waals surface area contributed by atoms with Gasteiger partial charge in [-0.2, -0.15) is 0 Å². The summed E-state index contributed by atoms with van der Waals surface area (Å²) in [5, 5.41) is 3.25. The highest BCUT2D eigenvalue weighted by molar-refractivity contribution is 5.78. The molecular weight excluding hydrogens is 350 g/mol. The monoisotopic (exact) mass is 372 g/mol. The third kappa shape index (κ3) is 4.04. The SMILES string of the molecule is CC(NCCN(C)C)c1nc2cccc(F)c2c(=O)n1-c1ccc(F)cc1. The van der Waals surface area contributed by atoms with Crippen LogP contribution in [0.2, 0.25) is 0 Å². The van der Waals surface area contributed by atoms with Crippen LogP contribution in [-0.4, -0.2) is 41.6 Å². The van der Waals surface area contributed by atoms with Crippen LogP contribution in [-0.2, 0) is 0 Å². The van der Waals surface area contributed by atoms with Gasteiger partial charge in [-0.15, -0.1) is 0 Å². The second kappa shape index (κ2) is 7.94. The number of nitrogens with zero attached hydrogens (tertiary/aromatic N) is 3. The summed E-state index contributed by atoms with van der Waals surface area (Å²) < 4.78 is 29.0. The van der Waals surface area contributed by atoms with E-state index < -0.39 is 17.2 Å². The Balaban J connectivity index is 2.17. The molecule has 142 valence electrons. The maximum atomic E-state index is 14.3. The van der Waals surface area contributed by atoms with Crippen LogP contribution in [0.3, 0.4) is 0 Å². The number of nitrogens with one attached hydrogen (secondary N) is 1. The molecule has 1 heterocycles. The third-order valence-corrected chi connectivity index (χ3v) is 4.35. The van der Waals surface area contributed by atoms with Gasteiger partial charge in [0.25, 0.3) is 5.56 Å². The van der Waals surface area contributed by atoms with Crippen LogP contribution in [0.5, 0.6) is 0 Å². The highest BCUT2D eigenvalue weighted by atomic mass is 19.1. The first-order valence-corrected chi connectivity index (χ1v) is 8.73. The molecule has 2 aromatic carbocycles. The van der Waals surface area contributed by atoms with Crippen molar-refractivity contribution in [3.63, 3.8) is 0 Å². The van der Waals surface area contributed by atoms with Gasteiger partial charge in [0.05, 0.1) is 17.2 Å². The minimum atomic E-state index is -0.624. The Morgan fingerprint density at radius 1 is 1.15 bits per heavy atom. The molecule has 1 aromatic heterocycles. The number of rotatable bonds is 6. The first kappa shape index (κ1) is 19.1. The molecule has 0 spiro atoms. The van der Waals surface area contributed by atoms with E-state index in [1.807, 2.05) is 25.9 Å². The lowest BCUT2D eigenvalue weighted by atomic mass is 10.2. The van der Waals surface area contributed by atoms with Crippen LogP contribution in [0.25, 0.3) is 16.6 Å². The molecule has 0 fully saturated rings. The maximum Gasteiger partial charge on any atom is 0.269 e. The van der Waals surface area contributed by atoms with Crippen LogP contribution in [0, 0.1) is 11.6 Å². The molecule has 1 unspecified atom stereocenters. The predicted molar refractivity (Wildman–Crippen MR) is 102 cm³/mol. The molecule has 0 radical (unpaired) electrons. The Labute approximate surface area is 156 Å². The van der Waals surface area contributed by atoms with Crippen molar-refractivity contribution < 1.29 is 8.78 Å². The lowest BCUT2D eigenvalue weighted by Gasteiger charge is -2.20. The zero-order valence-electron chi connectivity index (χ0n) is 15.5. The van der Waals surface area contributed by atoms with E-state index in [0.717, 1.165) is 6.54 Å². The van der Waals surface area contributed by atoms with Crippen LogP contribution < -0.4 is 10.9 Å². The van der Waals surface area contributed by atoms with E-state index in [9.17, 15) is 13.6 Å². The largest absolute Gasteiger partial charge is 0.308 e. The normalized spacial score (nSPS) is 12.7. The number of likely N-dealkylation sites (N-methyl/N-ethyl adjacent to an activating group) is 1. The van der Waals surface area contributed by atoms with E-state index in [1.165, 1.54) is 41.0 Å². The molecule has 27 heavy (non-hydrogen) atoms. The molecule has 5 nitrogen and oxygen atoms in total. The quantitative estimate of drug-likeness (QED) is 0.723. The number of halogens is 2. The lowest BCUT2D eigenvalue weighted by molar-refractivity contribution is 0.385. The van der Waals surface area contributed by atoms with Crippen molar-refractivity contribution in [3.8, 4) is 5.69 Å². The van der Waals surface area contributed by atoms with E-state index in [4.69, 9.17) is 0 Å². The molecule has 7 heteroatoms. The second-order valence-corrected chi connectivity index (χ2v) is 6.70. The van der Waals surface area contributed by atoms with Gasteiger partial charge in [0, 0.05) is 13.1 Å². The number of hydrogen-bond acceptors (Lipinski definition) is 4. The summed E-state index contributed by atoms with van der Waals surface area (Å²) in [7, 11) is 3.94. The van der Waals surface area contributed by atoms with E-state index in [-0.39, 0.29) is 11.4 Å². The molecule has 0 aliphatic heterocycles. The van der Waals surface area contributed by atoms with Gasteiger partial charge in [0.15, 0.2) is 0 Å². The Morgan fingerprint density at radius 3 is 2.52 bits per heavy atom. The Bertz CT molecular complexity index is 999. The van der Waals surface area contributed by atoms with Gasteiger partial charge in [-0.25, -0.2) is 13.8 Å². The highest BCUT2D eigenvalue weighted by Crippen LogP contribution is 2.19. The van der Waals surface area contributed by atoms with E-state index in [1.54, 1.807) is 6.07 Å². The molecule has 0 aliphatic carbocycles. The first-order chi connectivity index (χ1) is 12.9. The van der Waals surface area contributed by atoms with Crippen molar-refractivity contribution in [1.82, 2.24) is 19.8 Å². The fraction of sp³-hybridized carbons (Fsp3) is 0.300. The Hall–Kier alpha value is -2.64. The van der Waals surface area contributed by atoms with Crippen molar-refractivity contribution in [2.75, 3.05) is 27.2 Å². The molecule has 0 saturated heterocycles. The van der Waals surface area contributed by atoms with Crippen LogP contribution in [0.15, 0.2) is 47.3 Å². The molecule has 0 saturated carbocycles. The molecule has 3 aromatic rings. The highest BCUT2D eigenvalue weighted by Gasteiger charge is 2.19. The summed E-state index contributed by atoms with van der Waals surface area (Å²) >= 11 is 0. The van der Waals surface area contributed by atoms with Crippen molar-refractivity contribution in [2.24, 2.45) is 0 Å². The van der Waals surface area contributed by atoms with Gasteiger partial charge in [0.1, 0.15) is 22.8 Å². The molecule has 1 N–H and O–H groups in total. The van der Waals surface area contributed by atoms with Gasteiger partial charge in [-0.3, -0.25) is 9.36 Å². The van der Waals surface area contributed by atoms with Crippen molar-refractivity contribution in [3.05, 3.63) is 70.3 Å². The van der Waals surface area contributed by atoms with E-state index >= 15 is 0 Å². The predicted octanol–water partition coefficient (Wildman–Crippen LogP) is 2.88. The average Bonchev–Trinajstić information content (AvgIpc) is 2.62. The fourth-order valence-electron chi connectivity index (χ4n) is 2.93. The number of benzene rings is 2. The zero-order valence-corrected chi connectivity index (χ0v) is 15.5.